The van der Waals surface area contributed by atoms with Crippen LogP contribution in [-0.2, 0) is 5.75 Å². The van der Waals surface area contributed by atoms with E-state index in [1.165, 1.54) is 6.07 Å². The molecule has 1 aromatic carbocycles. The van der Waals surface area contributed by atoms with Crippen molar-refractivity contribution in [2.45, 2.75) is 20.6 Å². The van der Waals surface area contributed by atoms with Crippen LogP contribution in [0, 0.1) is 10.1 Å². The Morgan fingerprint density at radius 3 is 2.60 bits per heavy atom. The van der Waals surface area contributed by atoms with Gasteiger partial charge in [0.2, 0.25) is 0 Å². The second kappa shape index (κ2) is 5.20. The normalized spacial score (nSPS) is 11.4. The molecule has 0 spiro atoms. The van der Waals surface area contributed by atoms with Gasteiger partial charge < -0.3 is 0 Å². The van der Waals surface area contributed by atoms with Gasteiger partial charge in [0.1, 0.15) is 0 Å². The topological polar surface area (TPSA) is 43.1 Å². The molecular weight excluding hydrogens is 317 g/mol. The number of hydrogen-bond donors (Lipinski definition) is 0. The molecule has 0 atom stereocenters. The summed E-state index contributed by atoms with van der Waals surface area (Å²) in [5.41, 5.74) is 1.25. The number of benzene rings is 1. The summed E-state index contributed by atoms with van der Waals surface area (Å²) >= 11 is -1.82. The van der Waals surface area contributed by atoms with E-state index >= 15 is 0 Å². The molecule has 0 heterocycles. The molecule has 0 saturated heterocycles. The third kappa shape index (κ3) is 4.88. The van der Waals surface area contributed by atoms with Crippen LogP contribution in [0.1, 0.15) is 5.56 Å². The molecule has 0 radical (unpaired) electrons. The van der Waals surface area contributed by atoms with Crippen molar-refractivity contribution in [1.82, 2.24) is 0 Å². The van der Waals surface area contributed by atoms with Crippen LogP contribution in [0.4, 0.5) is 5.69 Å². The second-order valence-corrected chi connectivity index (χ2v) is 27.7. The molecule has 0 aliphatic heterocycles. The van der Waals surface area contributed by atoms with Gasteiger partial charge in [-0.3, -0.25) is 0 Å². The van der Waals surface area contributed by atoms with Crippen LogP contribution >= 0.6 is 8.95 Å². The minimum atomic E-state index is -1.82. The molecule has 0 fully saturated rings. The summed E-state index contributed by atoms with van der Waals surface area (Å²) in [7, 11) is 1.99. The van der Waals surface area contributed by atoms with Gasteiger partial charge in [0.25, 0.3) is 0 Å². The average molecular weight is 332 g/mol. The molecule has 3 nitrogen and oxygen atoms in total. The van der Waals surface area contributed by atoms with E-state index in [1.807, 2.05) is 15.0 Å². The van der Waals surface area contributed by atoms with Crippen LogP contribution in [0.2, 0.25) is 14.8 Å². The van der Waals surface area contributed by atoms with Gasteiger partial charge in [0, 0.05) is 0 Å². The fraction of sp³-hybridized carbons (Fsp3) is 0.400. The Balaban J connectivity index is 2.70. The van der Waals surface area contributed by atoms with Gasteiger partial charge in [-0.2, -0.15) is 0 Å². The zero-order chi connectivity index (χ0) is 11.5. The first-order chi connectivity index (χ1) is 6.88. The first-order valence-corrected chi connectivity index (χ1v) is 17.8. The van der Waals surface area contributed by atoms with Crippen LogP contribution in [0.25, 0.3) is 0 Å². The van der Waals surface area contributed by atoms with E-state index in [0.717, 1.165) is 11.3 Å². The Morgan fingerprint density at radius 1 is 1.40 bits per heavy atom. The van der Waals surface area contributed by atoms with Crippen molar-refractivity contribution >= 4 is 31.6 Å². The van der Waals surface area contributed by atoms with Gasteiger partial charge in [-0.15, -0.1) is 0 Å². The van der Waals surface area contributed by atoms with Crippen molar-refractivity contribution in [2.75, 3.05) is 0 Å². The second-order valence-electron chi connectivity index (χ2n) is 4.33. The molecule has 15 heavy (non-hydrogen) atoms. The maximum atomic E-state index is 10.6. The monoisotopic (exact) mass is 333 g/mol. The summed E-state index contributed by atoms with van der Waals surface area (Å²) in [6, 6.07) is 6.92. The van der Waals surface area contributed by atoms with E-state index in [4.69, 9.17) is 0 Å². The quantitative estimate of drug-likeness (QED) is 0.480. The van der Waals surface area contributed by atoms with Crippen molar-refractivity contribution in [3.63, 3.8) is 0 Å². The Kier molecular flexibility index (Phi) is 4.45. The standard InChI is InChI=1S/C7H7NO2S.3CH3.Sn/c9-8(10)7-3-1-2-6(4-7)5-11;;;;/h1-4,11H,5H2;3*1H3;/q;;;;+1/p-1. The Morgan fingerprint density at radius 2 is 2.07 bits per heavy atom. The Bertz CT molecular complexity index is 363. The number of non-ortho nitro benzene ring substituents is 1. The SMILES string of the molecule is [CH3][Sn]([CH3])([CH3])[S]Cc1cccc([N+](=O)[O-])c1. The van der Waals surface area contributed by atoms with Gasteiger partial charge >= 0.3 is 97.1 Å². The van der Waals surface area contributed by atoms with Crippen molar-refractivity contribution in [2.24, 2.45) is 0 Å². The fourth-order valence-corrected chi connectivity index (χ4v) is 6.97. The maximum absolute atomic E-state index is 10.6. The number of nitrogens with zero attached hydrogens (tertiary/aromatic N) is 1. The zero-order valence-corrected chi connectivity index (χ0v) is 12.9. The van der Waals surface area contributed by atoms with Crippen molar-refractivity contribution in [3.05, 3.63) is 39.9 Å². The van der Waals surface area contributed by atoms with Crippen LogP contribution in [0.3, 0.4) is 0 Å². The van der Waals surface area contributed by atoms with E-state index in [-0.39, 0.29) is 10.6 Å². The first-order valence-electron chi connectivity index (χ1n) is 4.76. The summed E-state index contributed by atoms with van der Waals surface area (Å²) in [6.45, 7) is 0. The summed E-state index contributed by atoms with van der Waals surface area (Å²) in [5, 5.41) is 10.6. The van der Waals surface area contributed by atoms with Gasteiger partial charge in [-0.25, -0.2) is 0 Å². The molecule has 82 valence electrons. The molecule has 1 aromatic rings. The van der Waals surface area contributed by atoms with Crippen LogP contribution < -0.4 is 0 Å². The van der Waals surface area contributed by atoms with Crippen LogP contribution in [0.5, 0.6) is 0 Å². The molecule has 0 saturated carbocycles. The first kappa shape index (κ1) is 12.8. The molecular formula is C10H15NO2SSn. The van der Waals surface area contributed by atoms with Gasteiger partial charge in [0.15, 0.2) is 0 Å². The molecule has 0 N–H and O–H groups in total. The molecule has 0 aliphatic carbocycles. The molecule has 0 unspecified atom stereocenters. The van der Waals surface area contributed by atoms with Crippen LogP contribution in [-0.4, -0.2) is 21.9 Å². The van der Waals surface area contributed by atoms with E-state index in [2.05, 4.69) is 14.8 Å². The van der Waals surface area contributed by atoms with Gasteiger partial charge in [-0.05, 0) is 0 Å². The fourth-order valence-electron chi connectivity index (χ4n) is 1.06. The van der Waals surface area contributed by atoms with E-state index < -0.39 is 17.0 Å². The van der Waals surface area contributed by atoms with E-state index in [9.17, 15) is 10.1 Å². The third-order valence-electron chi connectivity index (χ3n) is 1.79. The number of nitro benzene ring substituents is 1. The summed E-state index contributed by atoms with van der Waals surface area (Å²) in [5.74, 6) is 0.904. The van der Waals surface area contributed by atoms with Crippen LogP contribution in [0.15, 0.2) is 24.3 Å². The zero-order valence-electron chi connectivity index (χ0n) is 9.19. The molecule has 0 aromatic heterocycles. The predicted octanol–water partition coefficient (Wildman–Crippen LogP) is 3.66. The van der Waals surface area contributed by atoms with Crippen molar-refractivity contribution in [1.29, 1.82) is 0 Å². The average Bonchev–Trinajstić information content (AvgIpc) is 2.14. The van der Waals surface area contributed by atoms with E-state index in [0.29, 0.717) is 0 Å². The molecule has 5 heteroatoms. The summed E-state index contributed by atoms with van der Waals surface area (Å²) in [4.78, 5) is 17.3. The van der Waals surface area contributed by atoms with Crippen molar-refractivity contribution < 1.29 is 4.92 Å². The Hall–Kier alpha value is -0.231. The number of nitro groups is 1. The molecule has 0 amide bonds. The van der Waals surface area contributed by atoms with Crippen molar-refractivity contribution in [3.8, 4) is 0 Å². The summed E-state index contributed by atoms with van der Waals surface area (Å²) < 4.78 is 0. The summed E-state index contributed by atoms with van der Waals surface area (Å²) in [6.07, 6.45) is 0. The number of rotatable bonds is 4. The molecule has 0 bridgehead atoms. The van der Waals surface area contributed by atoms with Gasteiger partial charge in [-0.1, -0.05) is 0 Å². The van der Waals surface area contributed by atoms with Gasteiger partial charge in [0.05, 0.1) is 0 Å². The minimum absolute atomic E-state index is 0.192. The van der Waals surface area contributed by atoms with E-state index in [1.54, 1.807) is 12.1 Å². The third-order valence-corrected chi connectivity index (χ3v) is 11.8. The Labute approximate surface area is 96.7 Å². The molecule has 0 aliphatic rings. The molecule has 1 rings (SSSR count). The predicted molar refractivity (Wildman–Crippen MR) is 67.7 cm³/mol. The number of hydrogen-bond acceptors (Lipinski definition) is 3.